The van der Waals surface area contributed by atoms with E-state index >= 15 is 0 Å². The molecule has 2 atom stereocenters. The molecule has 0 saturated carbocycles. The molecule has 2 aromatic carbocycles. The second kappa shape index (κ2) is 7.07. The molecule has 0 spiro atoms. The van der Waals surface area contributed by atoms with Gasteiger partial charge in [0.2, 0.25) is 0 Å². The third-order valence-corrected chi connectivity index (χ3v) is 4.12. The summed E-state index contributed by atoms with van der Waals surface area (Å²) in [5, 5.41) is 10.8. The highest BCUT2D eigenvalue weighted by molar-refractivity contribution is 5.85. The van der Waals surface area contributed by atoms with Gasteiger partial charge in [-0.2, -0.15) is 0 Å². The molecule has 0 aliphatic rings. The Morgan fingerprint density at radius 1 is 1.00 bits per heavy atom. The van der Waals surface area contributed by atoms with Gasteiger partial charge in [0.25, 0.3) is 0 Å². The molecule has 0 aromatic heterocycles. The molecule has 0 bridgehead atoms. The summed E-state index contributed by atoms with van der Waals surface area (Å²) in [6, 6.07) is 17.6. The molecule has 2 nitrogen and oxygen atoms in total. The van der Waals surface area contributed by atoms with E-state index in [0.717, 1.165) is 12.8 Å². The Balaban J connectivity index is 2.11. The third-order valence-electron chi connectivity index (χ3n) is 4.12. The second-order valence-corrected chi connectivity index (χ2v) is 5.56. The Bertz CT molecular complexity index is 572. The van der Waals surface area contributed by atoms with E-state index in [1.54, 1.807) is 12.1 Å². The zero-order valence-corrected chi connectivity index (χ0v) is 12.6. The average molecular weight is 281 g/mol. The van der Waals surface area contributed by atoms with Gasteiger partial charge in [0.1, 0.15) is 0 Å². The van der Waals surface area contributed by atoms with E-state index < -0.39 is 5.97 Å². The highest BCUT2D eigenvalue weighted by Crippen LogP contribution is 2.31. The van der Waals surface area contributed by atoms with Crippen molar-refractivity contribution < 1.29 is 9.90 Å². The van der Waals surface area contributed by atoms with Crippen molar-refractivity contribution in [1.29, 1.82) is 0 Å². The van der Waals surface area contributed by atoms with Crippen molar-refractivity contribution in [1.82, 2.24) is 0 Å². The summed E-state index contributed by atoms with van der Waals surface area (Å²) in [5.74, 6) is -0.194. The van der Waals surface area contributed by atoms with E-state index in [0.29, 0.717) is 11.8 Å². The van der Waals surface area contributed by atoms with Crippen LogP contribution < -0.4 is 5.11 Å². The van der Waals surface area contributed by atoms with E-state index in [1.165, 1.54) is 11.1 Å². The summed E-state index contributed by atoms with van der Waals surface area (Å²) in [6.45, 7) is 4.42. The molecule has 0 aliphatic heterocycles. The summed E-state index contributed by atoms with van der Waals surface area (Å²) in [7, 11) is 0. The topological polar surface area (TPSA) is 40.1 Å². The van der Waals surface area contributed by atoms with E-state index in [2.05, 4.69) is 38.1 Å². The predicted molar refractivity (Wildman–Crippen MR) is 83.3 cm³/mol. The number of carbonyl (C=O) groups is 1. The Labute approximate surface area is 126 Å². The fraction of sp³-hybridized carbons (Fsp3) is 0.316. The molecule has 2 aromatic rings. The Hall–Kier alpha value is -2.09. The van der Waals surface area contributed by atoms with E-state index in [-0.39, 0.29) is 5.56 Å². The van der Waals surface area contributed by atoms with Gasteiger partial charge >= 0.3 is 0 Å². The van der Waals surface area contributed by atoms with Crippen LogP contribution in [0, 0.1) is 0 Å². The van der Waals surface area contributed by atoms with Gasteiger partial charge in [0.05, 0.1) is 5.97 Å². The van der Waals surface area contributed by atoms with Gasteiger partial charge in [-0.05, 0) is 41.4 Å². The molecule has 2 rings (SSSR count). The first-order chi connectivity index (χ1) is 10.1. The molecule has 0 radical (unpaired) electrons. The minimum absolute atomic E-state index is 0.240. The molecule has 0 fully saturated rings. The van der Waals surface area contributed by atoms with Crippen LogP contribution in [0.5, 0.6) is 0 Å². The first-order valence-corrected chi connectivity index (χ1v) is 7.48. The van der Waals surface area contributed by atoms with Crippen LogP contribution in [0.25, 0.3) is 0 Å². The van der Waals surface area contributed by atoms with Crippen LogP contribution in [-0.4, -0.2) is 5.97 Å². The van der Waals surface area contributed by atoms with E-state index in [1.807, 2.05) is 18.2 Å². The summed E-state index contributed by atoms with van der Waals surface area (Å²) in [5.41, 5.74) is 2.79. The summed E-state index contributed by atoms with van der Waals surface area (Å²) < 4.78 is 0. The van der Waals surface area contributed by atoms with Crippen molar-refractivity contribution in [3.8, 4) is 0 Å². The van der Waals surface area contributed by atoms with E-state index in [9.17, 15) is 9.90 Å². The van der Waals surface area contributed by atoms with Crippen molar-refractivity contribution in [3.63, 3.8) is 0 Å². The van der Waals surface area contributed by atoms with Crippen LogP contribution in [0.2, 0.25) is 0 Å². The number of rotatable bonds is 6. The van der Waals surface area contributed by atoms with Crippen molar-refractivity contribution >= 4 is 5.97 Å². The van der Waals surface area contributed by atoms with Gasteiger partial charge < -0.3 is 9.90 Å². The standard InChI is InChI=1S/C19H22O2/c1-3-15(13-14(2)16-7-5-4-6-8-16)17-9-11-18(12-10-17)19(20)21/h4-12,14-15H,3,13H2,1-2H3,(H,20,21)/p-1. The minimum Gasteiger partial charge on any atom is -0.545 e. The highest BCUT2D eigenvalue weighted by atomic mass is 16.4. The molecule has 0 saturated heterocycles. The molecule has 0 heterocycles. The zero-order valence-electron chi connectivity index (χ0n) is 12.6. The number of benzene rings is 2. The SMILES string of the molecule is CCC(CC(C)c1ccccc1)c1ccc(C(=O)[O-])cc1. The molecular formula is C19H21O2-. The van der Waals surface area contributed by atoms with Crippen LogP contribution >= 0.6 is 0 Å². The third kappa shape index (κ3) is 3.94. The number of hydrogen-bond acceptors (Lipinski definition) is 2. The lowest BCUT2D eigenvalue weighted by molar-refractivity contribution is -0.255. The van der Waals surface area contributed by atoms with E-state index in [4.69, 9.17) is 0 Å². The Morgan fingerprint density at radius 2 is 1.62 bits per heavy atom. The largest absolute Gasteiger partial charge is 0.545 e. The normalized spacial score (nSPS) is 13.6. The Morgan fingerprint density at radius 3 is 2.14 bits per heavy atom. The number of carboxylic acid groups (broad SMARTS) is 1. The number of aromatic carboxylic acids is 1. The van der Waals surface area contributed by atoms with Crippen molar-refractivity contribution in [2.45, 2.75) is 38.5 Å². The van der Waals surface area contributed by atoms with Gasteiger partial charge in [-0.1, -0.05) is 68.4 Å². The lowest BCUT2D eigenvalue weighted by Gasteiger charge is -2.21. The minimum atomic E-state index is -1.12. The second-order valence-electron chi connectivity index (χ2n) is 5.56. The molecule has 0 amide bonds. The molecule has 110 valence electrons. The number of carbonyl (C=O) groups excluding carboxylic acids is 1. The van der Waals surface area contributed by atoms with Crippen LogP contribution in [-0.2, 0) is 0 Å². The Kier molecular flexibility index (Phi) is 5.15. The first-order valence-electron chi connectivity index (χ1n) is 7.48. The lowest BCUT2D eigenvalue weighted by Crippen LogP contribution is -2.22. The van der Waals surface area contributed by atoms with Crippen molar-refractivity contribution in [2.75, 3.05) is 0 Å². The van der Waals surface area contributed by atoms with Gasteiger partial charge in [-0.25, -0.2) is 0 Å². The van der Waals surface area contributed by atoms with Crippen LogP contribution in [0.3, 0.4) is 0 Å². The van der Waals surface area contributed by atoms with Gasteiger partial charge in [-0.15, -0.1) is 0 Å². The maximum atomic E-state index is 10.8. The number of carboxylic acids is 1. The highest BCUT2D eigenvalue weighted by Gasteiger charge is 2.15. The van der Waals surface area contributed by atoms with Crippen LogP contribution in [0.15, 0.2) is 54.6 Å². The quantitative estimate of drug-likeness (QED) is 0.809. The molecular weight excluding hydrogens is 260 g/mol. The van der Waals surface area contributed by atoms with Gasteiger partial charge in [-0.3, -0.25) is 0 Å². The summed E-state index contributed by atoms with van der Waals surface area (Å²) >= 11 is 0. The van der Waals surface area contributed by atoms with Crippen LogP contribution in [0.1, 0.15) is 60.0 Å². The summed E-state index contributed by atoms with van der Waals surface area (Å²) in [6.07, 6.45) is 2.10. The monoisotopic (exact) mass is 281 g/mol. The van der Waals surface area contributed by atoms with Gasteiger partial charge in [0.15, 0.2) is 0 Å². The lowest BCUT2D eigenvalue weighted by atomic mass is 9.84. The fourth-order valence-electron chi connectivity index (χ4n) is 2.77. The average Bonchev–Trinajstić information content (AvgIpc) is 2.53. The van der Waals surface area contributed by atoms with Crippen LogP contribution in [0.4, 0.5) is 0 Å². The number of hydrogen-bond donors (Lipinski definition) is 0. The van der Waals surface area contributed by atoms with Crippen molar-refractivity contribution in [3.05, 3.63) is 71.3 Å². The molecule has 21 heavy (non-hydrogen) atoms. The molecule has 2 heteroatoms. The maximum absolute atomic E-state index is 10.8. The maximum Gasteiger partial charge on any atom is 0.0715 e. The molecule has 0 N–H and O–H groups in total. The molecule has 0 aliphatic carbocycles. The van der Waals surface area contributed by atoms with Crippen molar-refractivity contribution in [2.24, 2.45) is 0 Å². The summed E-state index contributed by atoms with van der Waals surface area (Å²) in [4.78, 5) is 10.8. The fourth-order valence-corrected chi connectivity index (χ4v) is 2.77. The smallest absolute Gasteiger partial charge is 0.0715 e. The van der Waals surface area contributed by atoms with Gasteiger partial charge in [0, 0.05) is 0 Å². The zero-order chi connectivity index (χ0) is 15.2. The molecule has 2 unspecified atom stereocenters. The predicted octanol–water partition coefficient (Wildman–Crippen LogP) is 3.74. The first kappa shape index (κ1) is 15.3.